The van der Waals surface area contributed by atoms with Gasteiger partial charge in [0.1, 0.15) is 18.0 Å². The van der Waals surface area contributed by atoms with E-state index in [-0.39, 0.29) is 66.3 Å². The topological polar surface area (TPSA) is 147 Å². The van der Waals surface area contributed by atoms with Crippen LogP contribution in [0.25, 0.3) is 11.4 Å². The number of halogens is 4. The van der Waals surface area contributed by atoms with Gasteiger partial charge in [0, 0.05) is 32.4 Å². The molecule has 48 heavy (non-hydrogen) atoms. The molecule has 2 aliphatic heterocycles. The first-order valence-corrected chi connectivity index (χ1v) is 15.5. The van der Waals surface area contributed by atoms with Crippen molar-refractivity contribution in [1.29, 1.82) is 0 Å². The number of nitrogens with one attached hydrogen (secondary N) is 1. The number of hydrogen-bond acceptors (Lipinski definition) is 9. The highest BCUT2D eigenvalue weighted by atomic mass is 35.5. The van der Waals surface area contributed by atoms with E-state index in [4.69, 9.17) is 16.3 Å². The van der Waals surface area contributed by atoms with Gasteiger partial charge >= 0.3 is 6.18 Å². The van der Waals surface area contributed by atoms with E-state index in [1.54, 1.807) is 4.57 Å². The maximum Gasteiger partial charge on any atom is 0.416 e. The molecule has 0 atom stereocenters. The molecule has 2 amide bonds. The molecule has 2 N–H and O–H groups in total. The van der Waals surface area contributed by atoms with Crippen molar-refractivity contribution in [3.8, 4) is 5.75 Å². The standard InChI is InChI=1S/C31H30ClF3N8O5/c1-2-22-26(40-10-12-41(13-11-40)28(46)25-23(44)4-3-9-36-25)29(47)43-30(38-27(39-43)18-7-14-48-15-8-18)42(22)17-24(45)37-21-6-5-19(16-20(21)32)31(33,34)35/h3-7,9,16,44H,2,8,10-15,17H2,1H3,(H,37,45). The molecule has 0 spiro atoms. The number of anilines is 2. The summed E-state index contributed by atoms with van der Waals surface area (Å²) in [7, 11) is 0. The number of fused-ring (bicyclic) bond motifs is 1. The van der Waals surface area contributed by atoms with Gasteiger partial charge in [-0.2, -0.15) is 22.7 Å². The molecule has 1 saturated heterocycles. The highest BCUT2D eigenvalue weighted by Crippen LogP contribution is 2.34. The molecule has 6 rings (SSSR count). The van der Waals surface area contributed by atoms with Crippen LogP contribution < -0.4 is 15.8 Å². The number of amides is 2. The third kappa shape index (κ3) is 6.44. The average molecular weight is 687 g/mol. The predicted octanol–water partition coefficient (Wildman–Crippen LogP) is 3.63. The second kappa shape index (κ2) is 13.3. The van der Waals surface area contributed by atoms with Gasteiger partial charge in [-0.15, -0.1) is 5.10 Å². The number of nitrogens with zero attached hydrogens (tertiary/aromatic N) is 7. The lowest BCUT2D eigenvalue weighted by Crippen LogP contribution is -2.51. The van der Waals surface area contributed by atoms with Gasteiger partial charge in [-0.05, 0) is 48.7 Å². The SMILES string of the molecule is CCc1c(N2CCN(C(=O)c3ncccc3O)CC2)c(=O)n2nc(C3=CCOCC3)nc2n1CC(=O)Nc1ccc(C(F)(F)F)cc1Cl. The van der Waals surface area contributed by atoms with Gasteiger partial charge in [0.2, 0.25) is 11.7 Å². The van der Waals surface area contributed by atoms with E-state index in [0.29, 0.717) is 37.6 Å². The predicted molar refractivity (Wildman–Crippen MR) is 169 cm³/mol. The Hall–Kier alpha value is -4.96. The number of hydrogen-bond donors (Lipinski definition) is 2. The number of ether oxygens (including phenoxy) is 1. The molecule has 0 radical (unpaired) electrons. The molecule has 5 heterocycles. The summed E-state index contributed by atoms with van der Waals surface area (Å²) in [6.45, 7) is 3.21. The molecule has 0 bridgehead atoms. The van der Waals surface area contributed by atoms with Crippen LogP contribution in [0.15, 0.2) is 47.4 Å². The van der Waals surface area contributed by atoms with Crippen molar-refractivity contribution in [3.63, 3.8) is 0 Å². The van der Waals surface area contributed by atoms with E-state index < -0.39 is 29.1 Å². The Morgan fingerprint density at radius 1 is 1.15 bits per heavy atom. The molecule has 1 fully saturated rings. The van der Waals surface area contributed by atoms with Gasteiger partial charge in [-0.3, -0.25) is 14.4 Å². The summed E-state index contributed by atoms with van der Waals surface area (Å²) in [5.41, 5.74) is 0.0283. The Morgan fingerprint density at radius 3 is 2.56 bits per heavy atom. The van der Waals surface area contributed by atoms with E-state index in [2.05, 4.69) is 20.4 Å². The summed E-state index contributed by atoms with van der Waals surface area (Å²) in [4.78, 5) is 52.6. The van der Waals surface area contributed by atoms with Crippen molar-refractivity contribution in [2.24, 2.45) is 0 Å². The van der Waals surface area contributed by atoms with Crippen LogP contribution in [0.1, 0.15) is 40.9 Å². The van der Waals surface area contributed by atoms with Crippen LogP contribution in [0.4, 0.5) is 24.5 Å². The monoisotopic (exact) mass is 686 g/mol. The fourth-order valence-corrected chi connectivity index (χ4v) is 5.99. The molecular formula is C31H30ClF3N8O5. The Morgan fingerprint density at radius 2 is 1.92 bits per heavy atom. The molecule has 252 valence electrons. The number of carbonyl (C=O) groups excluding carboxylic acids is 2. The maximum atomic E-state index is 14.1. The lowest BCUT2D eigenvalue weighted by molar-refractivity contribution is -0.137. The zero-order valence-electron chi connectivity index (χ0n) is 25.6. The van der Waals surface area contributed by atoms with E-state index >= 15 is 0 Å². The van der Waals surface area contributed by atoms with E-state index in [1.807, 2.05) is 17.9 Å². The lowest BCUT2D eigenvalue weighted by atomic mass is 10.1. The fraction of sp³-hybridized carbons (Fsp3) is 0.355. The molecule has 0 unspecified atom stereocenters. The molecule has 0 saturated carbocycles. The largest absolute Gasteiger partial charge is 0.505 e. The quantitative estimate of drug-likeness (QED) is 0.298. The number of carbonyl (C=O) groups is 2. The summed E-state index contributed by atoms with van der Waals surface area (Å²) in [5, 5.41) is 16.9. The number of aromatic hydroxyl groups is 1. The van der Waals surface area contributed by atoms with Crippen molar-refractivity contribution in [2.75, 3.05) is 49.6 Å². The van der Waals surface area contributed by atoms with Crippen LogP contribution in [0.5, 0.6) is 5.75 Å². The molecule has 17 heteroatoms. The van der Waals surface area contributed by atoms with E-state index in [9.17, 15) is 32.7 Å². The summed E-state index contributed by atoms with van der Waals surface area (Å²) in [6, 6.07) is 5.53. The fourth-order valence-electron chi connectivity index (χ4n) is 5.77. The van der Waals surface area contributed by atoms with Gasteiger partial charge in [-0.1, -0.05) is 24.6 Å². The minimum absolute atomic E-state index is 0.0146. The highest BCUT2D eigenvalue weighted by Gasteiger charge is 2.32. The number of benzene rings is 1. The summed E-state index contributed by atoms with van der Waals surface area (Å²) >= 11 is 6.10. The average Bonchev–Trinajstić information content (AvgIpc) is 3.53. The van der Waals surface area contributed by atoms with Gasteiger partial charge < -0.3 is 29.5 Å². The number of aromatic nitrogens is 5. The van der Waals surface area contributed by atoms with Gasteiger partial charge in [0.25, 0.3) is 11.5 Å². The van der Waals surface area contributed by atoms with Crippen molar-refractivity contribution in [3.05, 3.63) is 80.8 Å². The number of pyridine rings is 1. The Bertz CT molecular complexity index is 1990. The normalized spacial score (nSPS) is 15.5. The first kappa shape index (κ1) is 33.0. The second-order valence-corrected chi connectivity index (χ2v) is 11.5. The van der Waals surface area contributed by atoms with Crippen molar-refractivity contribution in [2.45, 2.75) is 32.5 Å². The number of piperazine rings is 1. The maximum absolute atomic E-state index is 14.1. The third-order valence-electron chi connectivity index (χ3n) is 8.16. The molecule has 0 aliphatic carbocycles. The van der Waals surface area contributed by atoms with Crippen LogP contribution >= 0.6 is 11.6 Å². The lowest BCUT2D eigenvalue weighted by Gasteiger charge is -2.36. The van der Waals surface area contributed by atoms with Crippen LogP contribution in [0, 0.1) is 0 Å². The van der Waals surface area contributed by atoms with Crippen LogP contribution in [0.3, 0.4) is 0 Å². The van der Waals surface area contributed by atoms with Crippen molar-refractivity contribution in [1.82, 2.24) is 29.0 Å². The van der Waals surface area contributed by atoms with Crippen LogP contribution in [0.2, 0.25) is 5.02 Å². The van der Waals surface area contributed by atoms with E-state index in [0.717, 1.165) is 28.3 Å². The third-order valence-corrected chi connectivity index (χ3v) is 8.47. The second-order valence-electron chi connectivity index (χ2n) is 11.1. The number of rotatable bonds is 7. The number of alkyl halides is 3. The molecule has 13 nitrogen and oxygen atoms in total. The molecule has 2 aliphatic rings. The first-order chi connectivity index (χ1) is 23.0. The van der Waals surface area contributed by atoms with Gasteiger partial charge in [-0.25, -0.2) is 4.98 Å². The molecule has 4 aromatic rings. The van der Waals surface area contributed by atoms with Gasteiger partial charge in [0.15, 0.2) is 11.5 Å². The first-order valence-electron chi connectivity index (χ1n) is 15.1. The Balaban J connectivity index is 1.35. The minimum atomic E-state index is -4.61. The summed E-state index contributed by atoms with van der Waals surface area (Å²) in [5.74, 6) is -0.885. The summed E-state index contributed by atoms with van der Waals surface area (Å²) in [6.07, 6.45) is -0.546. The van der Waals surface area contributed by atoms with Crippen molar-refractivity contribution >= 4 is 46.1 Å². The Labute approximate surface area is 276 Å². The van der Waals surface area contributed by atoms with E-state index in [1.165, 1.54) is 23.2 Å². The molecule has 3 aromatic heterocycles. The molecule has 1 aromatic carbocycles. The minimum Gasteiger partial charge on any atom is -0.505 e. The van der Waals surface area contributed by atoms with Crippen molar-refractivity contribution < 1.29 is 32.6 Å². The Kier molecular flexibility index (Phi) is 9.11. The molecular weight excluding hydrogens is 657 g/mol. The highest BCUT2D eigenvalue weighted by molar-refractivity contribution is 6.33. The zero-order valence-corrected chi connectivity index (χ0v) is 26.4. The van der Waals surface area contributed by atoms with Crippen LogP contribution in [-0.4, -0.2) is 85.4 Å². The van der Waals surface area contributed by atoms with Crippen LogP contribution in [-0.2, 0) is 28.7 Å². The smallest absolute Gasteiger partial charge is 0.416 e. The van der Waals surface area contributed by atoms with Gasteiger partial charge in [0.05, 0.1) is 35.2 Å². The summed E-state index contributed by atoms with van der Waals surface area (Å²) < 4.78 is 47.6. The zero-order chi connectivity index (χ0) is 34.2.